The molecule has 2 aliphatic heterocycles. The number of likely N-dealkylation sites (tertiary alicyclic amines) is 2. The van der Waals surface area contributed by atoms with Gasteiger partial charge in [-0.25, -0.2) is 4.79 Å². The summed E-state index contributed by atoms with van der Waals surface area (Å²) in [6.07, 6.45) is 4.07. The summed E-state index contributed by atoms with van der Waals surface area (Å²) >= 11 is 0. The molecule has 2 fully saturated rings. The second-order valence-corrected chi connectivity index (χ2v) is 11.7. The Morgan fingerprint density at radius 2 is 1.50 bits per heavy atom. The first-order valence-corrected chi connectivity index (χ1v) is 14.5. The van der Waals surface area contributed by atoms with Gasteiger partial charge in [0.1, 0.15) is 0 Å². The van der Waals surface area contributed by atoms with Gasteiger partial charge in [0.15, 0.2) is 0 Å². The smallest absolute Gasteiger partial charge is 0.335 e. The number of aryl methyl sites for hydroxylation is 2. The van der Waals surface area contributed by atoms with E-state index in [4.69, 9.17) is 0 Å². The zero-order chi connectivity index (χ0) is 28.3. The van der Waals surface area contributed by atoms with Gasteiger partial charge in [0.2, 0.25) is 0 Å². The van der Waals surface area contributed by atoms with E-state index < -0.39 is 5.97 Å². The van der Waals surface area contributed by atoms with Crippen LogP contribution in [0.3, 0.4) is 0 Å². The van der Waals surface area contributed by atoms with Gasteiger partial charge < -0.3 is 14.9 Å². The minimum absolute atomic E-state index is 0.0932. The van der Waals surface area contributed by atoms with E-state index >= 15 is 0 Å². The second-order valence-electron chi connectivity index (χ2n) is 11.7. The molecule has 3 aromatic rings. The highest BCUT2D eigenvalue weighted by molar-refractivity contribution is 5.97. The van der Waals surface area contributed by atoms with Crippen LogP contribution in [0, 0.1) is 13.8 Å². The van der Waals surface area contributed by atoms with Crippen LogP contribution < -0.4 is 4.90 Å². The van der Waals surface area contributed by atoms with Gasteiger partial charge >= 0.3 is 5.97 Å². The Morgan fingerprint density at radius 1 is 0.875 bits per heavy atom. The molecule has 2 heterocycles. The molecular weight excluding hydrogens is 498 g/mol. The number of carbonyl (C=O) groups excluding carboxylic acids is 1. The number of carbonyl (C=O) groups is 2. The fourth-order valence-electron chi connectivity index (χ4n) is 6.59. The number of piperidine rings is 2. The van der Waals surface area contributed by atoms with Gasteiger partial charge in [-0.3, -0.25) is 9.69 Å². The first kappa shape index (κ1) is 27.9. The number of carboxylic acid groups (broad SMARTS) is 1. The Morgan fingerprint density at radius 3 is 2.12 bits per heavy atom. The molecule has 6 nitrogen and oxygen atoms in total. The first-order valence-electron chi connectivity index (χ1n) is 14.5. The Kier molecular flexibility index (Phi) is 8.27. The van der Waals surface area contributed by atoms with Crippen molar-refractivity contribution >= 4 is 17.6 Å². The fraction of sp³-hybridized carbons (Fsp3) is 0.412. The highest BCUT2D eigenvalue weighted by Crippen LogP contribution is 2.34. The molecule has 6 heteroatoms. The maximum absolute atomic E-state index is 13.4. The van der Waals surface area contributed by atoms with Crippen LogP contribution >= 0.6 is 0 Å². The average molecular weight is 540 g/mol. The van der Waals surface area contributed by atoms with Gasteiger partial charge in [-0.05, 0) is 87.4 Å². The van der Waals surface area contributed by atoms with E-state index in [9.17, 15) is 14.7 Å². The Hall–Kier alpha value is -3.64. The number of rotatable bonds is 7. The zero-order valence-corrected chi connectivity index (χ0v) is 24.0. The average Bonchev–Trinajstić information content (AvgIpc) is 2.97. The fourth-order valence-corrected chi connectivity index (χ4v) is 6.59. The molecule has 3 aromatic carbocycles. The van der Waals surface area contributed by atoms with Crippen molar-refractivity contribution in [2.75, 3.05) is 31.1 Å². The first-order chi connectivity index (χ1) is 19.2. The standard InChI is InChI=1S/C34H41N3O3/c1-25-9-7-10-26(2)31(25)32(38)35-21-17-34(3,18-22-35)36-19-15-30(16-20-36)37(29-13-5-4-6-14-29)24-27-11-8-12-28(23-27)33(39)40/h4-14,23,30H,15-22,24H2,1-3H3,(H,39,40). The van der Waals surface area contributed by atoms with E-state index in [1.807, 2.05) is 55.1 Å². The van der Waals surface area contributed by atoms with Crippen LogP contribution in [-0.2, 0) is 6.54 Å². The van der Waals surface area contributed by atoms with Crippen molar-refractivity contribution in [1.82, 2.24) is 9.80 Å². The number of hydrogen-bond donors (Lipinski definition) is 1. The lowest BCUT2D eigenvalue weighted by Gasteiger charge is -2.50. The van der Waals surface area contributed by atoms with E-state index in [-0.39, 0.29) is 11.4 Å². The van der Waals surface area contributed by atoms with Crippen LogP contribution in [-0.4, -0.2) is 64.5 Å². The van der Waals surface area contributed by atoms with Crippen molar-refractivity contribution in [3.05, 3.63) is 101 Å². The zero-order valence-electron chi connectivity index (χ0n) is 24.0. The molecule has 2 aliphatic rings. The summed E-state index contributed by atoms with van der Waals surface area (Å²) in [5.41, 5.74) is 5.58. The maximum Gasteiger partial charge on any atom is 0.335 e. The molecule has 5 rings (SSSR count). The number of carboxylic acids is 1. The largest absolute Gasteiger partial charge is 0.478 e. The monoisotopic (exact) mass is 539 g/mol. The van der Waals surface area contributed by atoms with Crippen molar-refractivity contribution in [3.63, 3.8) is 0 Å². The minimum atomic E-state index is -0.892. The number of aromatic carboxylic acids is 1. The van der Waals surface area contributed by atoms with E-state index in [1.165, 1.54) is 5.69 Å². The molecule has 0 aliphatic carbocycles. The number of amides is 1. The summed E-state index contributed by atoms with van der Waals surface area (Å²) in [7, 11) is 0. The summed E-state index contributed by atoms with van der Waals surface area (Å²) in [5.74, 6) is -0.724. The second kappa shape index (κ2) is 11.8. The number of para-hydroxylation sites is 1. The van der Waals surface area contributed by atoms with Crippen LogP contribution in [0.5, 0.6) is 0 Å². The highest BCUT2D eigenvalue weighted by Gasteiger charge is 2.39. The Balaban J connectivity index is 1.23. The lowest BCUT2D eigenvalue weighted by Crippen LogP contribution is -2.58. The molecular formula is C34H41N3O3. The van der Waals surface area contributed by atoms with Gasteiger partial charge in [0, 0.05) is 55.6 Å². The summed E-state index contributed by atoms with van der Waals surface area (Å²) in [5, 5.41) is 9.47. The topological polar surface area (TPSA) is 64.1 Å². The van der Waals surface area contributed by atoms with Gasteiger partial charge in [-0.1, -0.05) is 48.5 Å². The molecule has 40 heavy (non-hydrogen) atoms. The predicted octanol–water partition coefficient (Wildman–Crippen LogP) is 6.17. The molecule has 1 N–H and O–H groups in total. The van der Waals surface area contributed by atoms with Gasteiger partial charge in [0.05, 0.1) is 5.56 Å². The molecule has 0 saturated carbocycles. The SMILES string of the molecule is Cc1cccc(C)c1C(=O)N1CCC(C)(N2CCC(N(Cc3cccc(C(=O)O)c3)c3ccccc3)CC2)CC1. The lowest BCUT2D eigenvalue weighted by molar-refractivity contribution is 0.0170. The summed E-state index contributed by atoms with van der Waals surface area (Å²) in [6, 6.07) is 24.2. The summed E-state index contributed by atoms with van der Waals surface area (Å²) in [6.45, 7) is 10.7. The highest BCUT2D eigenvalue weighted by atomic mass is 16.4. The van der Waals surface area contributed by atoms with Gasteiger partial charge in [-0.2, -0.15) is 0 Å². The third-order valence-corrected chi connectivity index (χ3v) is 9.11. The van der Waals surface area contributed by atoms with Crippen LogP contribution in [0.2, 0.25) is 0 Å². The number of nitrogens with zero attached hydrogens (tertiary/aromatic N) is 3. The van der Waals surface area contributed by atoms with Gasteiger partial charge in [-0.15, -0.1) is 0 Å². The Labute approximate surface area is 238 Å². The van der Waals surface area contributed by atoms with Crippen LogP contribution in [0.1, 0.15) is 70.0 Å². The van der Waals surface area contributed by atoms with Crippen LogP contribution in [0.4, 0.5) is 5.69 Å². The maximum atomic E-state index is 13.4. The molecule has 0 unspecified atom stereocenters. The number of anilines is 1. The number of benzene rings is 3. The van der Waals surface area contributed by atoms with E-state index in [0.717, 1.165) is 74.1 Å². The molecule has 0 bridgehead atoms. The van der Waals surface area contributed by atoms with Gasteiger partial charge in [0.25, 0.3) is 5.91 Å². The van der Waals surface area contributed by atoms with Crippen molar-refractivity contribution in [2.45, 2.75) is 64.6 Å². The van der Waals surface area contributed by atoms with E-state index in [0.29, 0.717) is 18.2 Å². The molecule has 0 aromatic heterocycles. The molecule has 0 radical (unpaired) electrons. The van der Waals surface area contributed by atoms with Crippen molar-refractivity contribution in [2.24, 2.45) is 0 Å². The minimum Gasteiger partial charge on any atom is -0.478 e. The molecule has 0 atom stereocenters. The van der Waals surface area contributed by atoms with Crippen molar-refractivity contribution < 1.29 is 14.7 Å². The van der Waals surface area contributed by atoms with Crippen molar-refractivity contribution in [1.29, 1.82) is 0 Å². The van der Waals surface area contributed by atoms with E-state index in [1.54, 1.807) is 12.1 Å². The predicted molar refractivity (Wildman–Crippen MR) is 160 cm³/mol. The molecule has 1 amide bonds. The summed E-state index contributed by atoms with van der Waals surface area (Å²) in [4.78, 5) is 32.1. The third-order valence-electron chi connectivity index (χ3n) is 9.11. The quantitative estimate of drug-likeness (QED) is 0.389. The third kappa shape index (κ3) is 5.92. The molecule has 2 saturated heterocycles. The molecule has 210 valence electrons. The number of hydrogen-bond acceptors (Lipinski definition) is 4. The lowest BCUT2D eigenvalue weighted by atomic mass is 9.85. The van der Waals surface area contributed by atoms with Crippen LogP contribution in [0.15, 0.2) is 72.8 Å². The van der Waals surface area contributed by atoms with Crippen LogP contribution in [0.25, 0.3) is 0 Å². The Bertz CT molecular complexity index is 1320. The molecule has 0 spiro atoms. The summed E-state index contributed by atoms with van der Waals surface area (Å²) < 4.78 is 0. The van der Waals surface area contributed by atoms with E-state index in [2.05, 4.69) is 41.0 Å². The normalized spacial score (nSPS) is 17.9. The van der Waals surface area contributed by atoms with Crippen molar-refractivity contribution in [3.8, 4) is 0 Å².